The molecule has 0 spiro atoms. The summed E-state index contributed by atoms with van der Waals surface area (Å²) in [6.45, 7) is 2.04. The Morgan fingerprint density at radius 1 is 1.33 bits per heavy atom. The molecule has 0 bridgehead atoms. The van der Waals surface area contributed by atoms with Gasteiger partial charge in [-0.25, -0.2) is 0 Å². The number of amides is 2. The van der Waals surface area contributed by atoms with E-state index in [-0.39, 0.29) is 18.2 Å². The number of carboxylic acids is 1. The maximum atomic E-state index is 12.3. The van der Waals surface area contributed by atoms with Gasteiger partial charge in [0.1, 0.15) is 6.04 Å². The van der Waals surface area contributed by atoms with E-state index in [0.29, 0.717) is 24.2 Å². The molecule has 0 saturated carbocycles. The van der Waals surface area contributed by atoms with Gasteiger partial charge in [0.25, 0.3) is 0 Å². The number of hydrogen-bond donors (Lipinski definition) is 2. The van der Waals surface area contributed by atoms with Gasteiger partial charge in [-0.1, -0.05) is 18.2 Å². The molecule has 1 aromatic carbocycles. The summed E-state index contributed by atoms with van der Waals surface area (Å²) in [4.78, 5) is 36.2. The molecule has 2 rings (SSSR count). The maximum absolute atomic E-state index is 12.3. The summed E-state index contributed by atoms with van der Waals surface area (Å²) >= 11 is 0. The normalized spacial score (nSPS) is 17.6. The van der Waals surface area contributed by atoms with E-state index in [9.17, 15) is 14.4 Å². The van der Waals surface area contributed by atoms with Crippen LogP contribution in [0.25, 0.3) is 0 Å². The number of anilines is 1. The number of nitrogens with one attached hydrogen (secondary N) is 1. The molecule has 2 N–H and O–H groups in total. The van der Waals surface area contributed by atoms with Gasteiger partial charge in [0.2, 0.25) is 11.8 Å². The van der Waals surface area contributed by atoms with Gasteiger partial charge in [0, 0.05) is 19.2 Å². The molecule has 0 aromatic heterocycles. The Morgan fingerprint density at radius 3 is 2.71 bits per heavy atom. The molecule has 1 aliphatic heterocycles. The minimum absolute atomic E-state index is 0.119. The van der Waals surface area contributed by atoms with Crippen LogP contribution in [0.15, 0.2) is 24.3 Å². The molecule has 1 heterocycles. The fraction of sp³-hybridized carbons (Fsp3) is 0.400. The van der Waals surface area contributed by atoms with Crippen LogP contribution in [0.4, 0.5) is 5.69 Å². The highest BCUT2D eigenvalue weighted by Crippen LogP contribution is 2.21. The van der Waals surface area contributed by atoms with E-state index < -0.39 is 12.0 Å². The molecule has 1 atom stereocenters. The van der Waals surface area contributed by atoms with Crippen LogP contribution in [0.1, 0.15) is 25.3 Å². The van der Waals surface area contributed by atoms with Crippen molar-refractivity contribution >= 4 is 23.5 Å². The topological polar surface area (TPSA) is 86.7 Å². The van der Waals surface area contributed by atoms with Gasteiger partial charge in [-0.15, -0.1) is 0 Å². The molecule has 2 amide bonds. The first-order valence-electron chi connectivity index (χ1n) is 6.87. The van der Waals surface area contributed by atoms with Crippen LogP contribution in [-0.2, 0) is 20.8 Å². The van der Waals surface area contributed by atoms with E-state index in [0.717, 1.165) is 6.42 Å². The number of hydrogen-bond acceptors (Lipinski definition) is 3. The van der Waals surface area contributed by atoms with Gasteiger partial charge in [0.05, 0.1) is 6.42 Å². The quantitative estimate of drug-likeness (QED) is 0.874. The Labute approximate surface area is 122 Å². The van der Waals surface area contributed by atoms with E-state index in [1.54, 1.807) is 29.2 Å². The fourth-order valence-corrected chi connectivity index (χ4v) is 2.59. The van der Waals surface area contributed by atoms with E-state index >= 15 is 0 Å². The summed E-state index contributed by atoms with van der Waals surface area (Å²) in [5.41, 5.74) is 1.03. The average molecular weight is 290 g/mol. The molecular weight excluding hydrogens is 272 g/mol. The highest BCUT2D eigenvalue weighted by molar-refractivity contribution is 5.98. The first kappa shape index (κ1) is 15.0. The maximum Gasteiger partial charge on any atom is 0.307 e. The van der Waals surface area contributed by atoms with Gasteiger partial charge >= 0.3 is 5.97 Å². The summed E-state index contributed by atoms with van der Waals surface area (Å²) in [5, 5.41) is 11.6. The summed E-state index contributed by atoms with van der Waals surface area (Å²) < 4.78 is 0. The standard InChI is InChI=1S/C15H18N2O4/c1-10(18)17-8-4-7-13(17)15(21)16-12-6-3-2-5-11(12)9-14(19)20/h2-3,5-6,13H,4,7-9H2,1H3,(H,16,21)(H,19,20). The van der Waals surface area contributed by atoms with Crippen molar-refractivity contribution in [1.29, 1.82) is 0 Å². The third-order valence-electron chi connectivity index (χ3n) is 3.58. The van der Waals surface area contributed by atoms with Crippen molar-refractivity contribution in [2.45, 2.75) is 32.2 Å². The lowest BCUT2D eigenvalue weighted by atomic mass is 10.1. The van der Waals surface area contributed by atoms with Crippen molar-refractivity contribution in [2.75, 3.05) is 11.9 Å². The van der Waals surface area contributed by atoms with E-state index in [1.165, 1.54) is 6.92 Å². The predicted molar refractivity (Wildman–Crippen MR) is 76.8 cm³/mol. The van der Waals surface area contributed by atoms with E-state index in [1.807, 2.05) is 0 Å². The molecule has 1 aromatic rings. The molecule has 6 heteroatoms. The number of para-hydroxylation sites is 1. The Morgan fingerprint density at radius 2 is 2.05 bits per heavy atom. The van der Waals surface area contributed by atoms with Crippen LogP contribution >= 0.6 is 0 Å². The number of likely N-dealkylation sites (tertiary alicyclic amines) is 1. The molecule has 112 valence electrons. The van der Waals surface area contributed by atoms with Crippen LogP contribution in [0.5, 0.6) is 0 Å². The second-order valence-corrected chi connectivity index (χ2v) is 5.09. The van der Waals surface area contributed by atoms with Gasteiger partial charge < -0.3 is 15.3 Å². The summed E-state index contributed by atoms with van der Waals surface area (Å²) in [7, 11) is 0. The monoisotopic (exact) mass is 290 g/mol. The average Bonchev–Trinajstić information content (AvgIpc) is 2.90. The number of aliphatic carboxylic acids is 1. The lowest BCUT2D eigenvalue weighted by Gasteiger charge is -2.22. The lowest BCUT2D eigenvalue weighted by Crippen LogP contribution is -2.42. The van der Waals surface area contributed by atoms with Crippen LogP contribution < -0.4 is 5.32 Å². The third kappa shape index (κ3) is 3.59. The fourth-order valence-electron chi connectivity index (χ4n) is 2.59. The lowest BCUT2D eigenvalue weighted by molar-refractivity contribution is -0.136. The second-order valence-electron chi connectivity index (χ2n) is 5.09. The van der Waals surface area contributed by atoms with Crippen LogP contribution in [0.3, 0.4) is 0 Å². The van der Waals surface area contributed by atoms with Gasteiger partial charge in [-0.2, -0.15) is 0 Å². The summed E-state index contributed by atoms with van der Waals surface area (Å²) in [5.74, 6) is -1.34. The number of carbonyl (C=O) groups excluding carboxylic acids is 2. The van der Waals surface area contributed by atoms with Crippen molar-refractivity contribution in [3.8, 4) is 0 Å². The summed E-state index contributed by atoms with van der Waals surface area (Å²) in [6.07, 6.45) is 1.28. The smallest absolute Gasteiger partial charge is 0.307 e. The van der Waals surface area contributed by atoms with Crippen molar-refractivity contribution in [1.82, 2.24) is 4.90 Å². The third-order valence-corrected chi connectivity index (χ3v) is 3.58. The molecular formula is C15H18N2O4. The zero-order chi connectivity index (χ0) is 15.4. The van der Waals surface area contributed by atoms with Crippen LogP contribution in [0.2, 0.25) is 0 Å². The molecule has 6 nitrogen and oxygen atoms in total. The molecule has 1 fully saturated rings. The zero-order valence-corrected chi connectivity index (χ0v) is 11.8. The first-order valence-corrected chi connectivity index (χ1v) is 6.87. The number of nitrogens with zero attached hydrogens (tertiary/aromatic N) is 1. The number of rotatable bonds is 4. The van der Waals surface area contributed by atoms with Crippen molar-refractivity contribution < 1.29 is 19.5 Å². The number of benzene rings is 1. The highest BCUT2D eigenvalue weighted by Gasteiger charge is 2.32. The Balaban J connectivity index is 2.12. The van der Waals surface area contributed by atoms with Crippen LogP contribution in [-0.4, -0.2) is 40.4 Å². The van der Waals surface area contributed by atoms with E-state index in [4.69, 9.17) is 5.11 Å². The van der Waals surface area contributed by atoms with E-state index in [2.05, 4.69) is 5.32 Å². The number of carboxylic acid groups (broad SMARTS) is 1. The predicted octanol–water partition coefficient (Wildman–Crippen LogP) is 1.26. The zero-order valence-electron chi connectivity index (χ0n) is 11.8. The summed E-state index contributed by atoms with van der Waals surface area (Å²) in [6, 6.07) is 6.33. The van der Waals surface area contributed by atoms with Crippen LogP contribution in [0, 0.1) is 0 Å². The minimum Gasteiger partial charge on any atom is -0.481 e. The Hall–Kier alpha value is -2.37. The number of carbonyl (C=O) groups is 3. The molecule has 1 saturated heterocycles. The second kappa shape index (κ2) is 6.39. The first-order chi connectivity index (χ1) is 9.99. The molecule has 0 radical (unpaired) electrons. The highest BCUT2D eigenvalue weighted by atomic mass is 16.4. The minimum atomic E-state index is -0.956. The van der Waals surface area contributed by atoms with Gasteiger partial charge in [-0.05, 0) is 24.5 Å². The SMILES string of the molecule is CC(=O)N1CCCC1C(=O)Nc1ccccc1CC(=O)O. The molecule has 1 unspecified atom stereocenters. The van der Waals surface area contributed by atoms with Crippen molar-refractivity contribution in [2.24, 2.45) is 0 Å². The Bertz CT molecular complexity index is 571. The van der Waals surface area contributed by atoms with Gasteiger partial charge in [-0.3, -0.25) is 14.4 Å². The molecule has 1 aliphatic rings. The van der Waals surface area contributed by atoms with Gasteiger partial charge in [0.15, 0.2) is 0 Å². The van der Waals surface area contributed by atoms with Crippen molar-refractivity contribution in [3.05, 3.63) is 29.8 Å². The largest absolute Gasteiger partial charge is 0.481 e. The molecule has 0 aliphatic carbocycles. The van der Waals surface area contributed by atoms with Crippen molar-refractivity contribution in [3.63, 3.8) is 0 Å². The Kier molecular flexibility index (Phi) is 4.57. The molecule has 21 heavy (non-hydrogen) atoms.